The van der Waals surface area contributed by atoms with Gasteiger partial charge >= 0.3 is 12.1 Å². The van der Waals surface area contributed by atoms with Crippen molar-refractivity contribution in [2.75, 3.05) is 59.8 Å². The average molecular weight is 1330 g/mol. The molecule has 0 aliphatic carbocycles. The van der Waals surface area contributed by atoms with Crippen molar-refractivity contribution < 1.29 is 72.1 Å². The molecule has 0 aromatic heterocycles. The molecule has 12 amide bonds. The van der Waals surface area contributed by atoms with Crippen molar-refractivity contribution in [3.8, 4) is 0 Å². The number of primary amides is 1. The standard InChI is InChI=1S/C69H107N11O15/c1-15-44(8)60(52(93-13)38-56(84)79-37-23-27-51(79)62(94-14)46(10)63(86)72-39-45(9)61(85)48-24-18-16-19-25-48)77(11)67(90)58(42(4)5)76-66(89)59(43(6)7)78(12)69(92)95-40-47-29-31-49(32-30-47)73-64(87)50(26-22-35-71-68(70)91)74-65(88)57(41(2)3)75-53(81)28-20-17-21-36-80-54(82)33-34-55(80)83/h16,18-19,24-25,29-34,41-46,50-52,57-62,85H,15,17,20-23,26-28,35-40H2,1-14H3,(H,72,86)(H,73,87)(H,74,88)(H,75,81)(H,76,89)(H3,70,71,91)/t44-,45-,46+,50+,51-,52+,57+,58-,59?,60-,61+,62+/m0/s1. The third-order valence-electron chi connectivity index (χ3n) is 18.0. The van der Waals surface area contributed by atoms with Crippen molar-refractivity contribution in [3.63, 3.8) is 0 Å². The number of nitrogens with one attached hydrogen (secondary N) is 6. The summed E-state index contributed by atoms with van der Waals surface area (Å²) < 4.78 is 17.8. The normalized spacial score (nSPS) is 17.3. The SMILES string of the molecule is CC[C@H](C)[C@@H]([C@@H](CC(=O)N1CCC[C@H]1[C@H](OC)[C@@H](C)C(=O)NC[C@H](C)[C@@H](O)c1ccccc1)OC)N(C)C(=O)[C@@H](NC(=O)C(C(C)C)N(C)C(=O)OCc1ccc(NC(=O)[C@@H](CCCNC(N)=O)NC(=O)[C@H](NC(=O)CCCCCN2C(=O)C=CC2=O)C(C)C)cc1)C(C)C. The van der Waals surface area contributed by atoms with E-state index in [1.807, 2.05) is 51.1 Å². The van der Waals surface area contributed by atoms with Gasteiger partial charge in [0.05, 0.1) is 42.7 Å². The number of carbonyl (C=O) groups is 11. The number of methoxy groups -OCH3 is 2. The van der Waals surface area contributed by atoms with E-state index in [9.17, 15) is 57.8 Å². The van der Waals surface area contributed by atoms with Crippen molar-refractivity contribution in [2.45, 2.75) is 195 Å². The van der Waals surface area contributed by atoms with Gasteiger partial charge in [0, 0.05) is 84.7 Å². The Kier molecular flexibility index (Phi) is 32.8. The molecule has 12 atom stereocenters. The molecule has 26 nitrogen and oxygen atoms in total. The average Bonchev–Trinajstić information content (AvgIpc) is 1.77. The van der Waals surface area contributed by atoms with Gasteiger partial charge in [-0.2, -0.15) is 0 Å². The Labute approximate surface area is 560 Å². The molecule has 2 aromatic rings. The number of ether oxygens (including phenoxy) is 3. The number of anilines is 1. The van der Waals surface area contributed by atoms with E-state index in [0.717, 1.165) is 10.5 Å². The molecular formula is C69H107N11O15. The second kappa shape index (κ2) is 39.2. The molecule has 0 radical (unpaired) electrons. The van der Waals surface area contributed by atoms with E-state index in [-0.39, 0.29) is 99.2 Å². The van der Waals surface area contributed by atoms with Gasteiger partial charge in [-0.1, -0.05) is 125 Å². The first-order valence-corrected chi connectivity index (χ1v) is 33.4. The number of aliphatic hydroxyl groups excluding tert-OH is 1. The summed E-state index contributed by atoms with van der Waals surface area (Å²) >= 11 is 0. The third kappa shape index (κ3) is 23.7. The van der Waals surface area contributed by atoms with Gasteiger partial charge in [-0.15, -0.1) is 0 Å². The van der Waals surface area contributed by atoms with Crippen molar-refractivity contribution in [1.82, 2.24) is 46.2 Å². The molecule has 2 heterocycles. The number of carbonyl (C=O) groups excluding carboxylic acids is 11. The Bertz CT molecular complexity index is 2890. The summed E-state index contributed by atoms with van der Waals surface area (Å²) in [6.45, 7) is 19.0. The first kappa shape index (κ1) is 79.5. The first-order chi connectivity index (χ1) is 45.0. The number of urea groups is 1. The van der Waals surface area contributed by atoms with Crippen LogP contribution in [0.25, 0.3) is 0 Å². The minimum absolute atomic E-state index is 0.0839. The van der Waals surface area contributed by atoms with Crippen LogP contribution in [0, 0.1) is 35.5 Å². The number of imide groups is 1. The van der Waals surface area contributed by atoms with E-state index in [0.29, 0.717) is 56.3 Å². The molecule has 9 N–H and O–H groups in total. The minimum atomic E-state index is -1.11. The number of rotatable bonds is 39. The topological polar surface area (TPSA) is 347 Å². The zero-order valence-electron chi connectivity index (χ0n) is 58.1. The third-order valence-corrected chi connectivity index (χ3v) is 18.0. The number of amides is 12. The van der Waals surface area contributed by atoms with Gasteiger partial charge in [-0.3, -0.25) is 53.0 Å². The maximum atomic E-state index is 14.8. The molecule has 528 valence electrons. The van der Waals surface area contributed by atoms with Crippen molar-refractivity contribution in [3.05, 3.63) is 77.9 Å². The van der Waals surface area contributed by atoms with E-state index in [2.05, 4.69) is 31.9 Å². The van der Waals surface area contributed by atoms with Crippen LogP contribution in [0.1, 0.15) is 151 Å². The molecule has 4 rings (SSSR count). The van der Waals surface area contributed by atoms with E-state index in [4.69, 9.17) is 19.9 Å². The van der Waals surface area contributed by atoms with Gasteiger partial charge < -0.3 is 66.8 Å². The smallest absolute Gasteiger partial charge is 0.410 e. The number of nitrogens with zero attached hydrogens (tertiary/aromatic N) is 4. The van der Waals surface area contributed by atoms with Crippen LogP contribution in [0.2, 0.25) is 0 Å². The van der Waals surface area contributed by atoms with Crippen LogP contribution in [-0.2, 0) is 64.0 Å². The maximum Gasteiger partial charge on any atom is 0.410 e. The highest BCUT2D eigenvalue weighted by Gasteiger charge is 2.44. The highest BCUT2D eigenvalue weighted by atomic mass is 16.6. The highest BCUT2D eigenvalue weighted by Crippen LogP contribution is 2.31. The van der Waals surface area contributed by atoms with Crippen LogP contribution >= 0.6 is 0 Å². The summed E-state index contributed by atoms with van der Waals surface area (Å²) in [5.41, 5.74) is 6.86. The Morgan fingerprint density at radius 1 is 0.705 bits per heavy atom. The Morgan fingerprint density at radius 3 is 1.93 bits per heavy atom. The molecule has 2 aliphatic rings. The summed E-state index contributed by atoms with van der Waals surface area (Å²) in [5, 5.41) is 27.6. The van der Waals surface area contributed by atoms with Crippen LogP contribution in [0.15, 0.2) is 66.7 Å². The van der Waals surface area contributed by atoms with Crippen molar-refractivity contribution in [1.29, 1.82) is 0 Å². The van der Waals surface area contributed by atoms with E-state index < -0.39 is 108 Å². The molecule has 95 heavy (non-hydrogen) atoms. The molecule has 2 aliphatic heterocycles. The predicted molar refractivity (Wildman–Crippen MR) is 358 cm³/mol. The van der Waals surface area contributed by atoms with Gasteiger partial charge in [-0.05, 0) is 85.5 Å². The molecule has 0 bridgehead atoms. The van der Waals surface area contributed by atoms with Gasteiger partial charge in [0.15, 0.2) is 0 Å². The fourth-order valence-corrected chi connectivity index (χ4v) is 12.2. The summed E-state index contributed by atoms with van der Waals surface area (Å²) in [5.74, 6) is -6.16. The quantitative estimate of drug-likeness (QED) is 0.0310. The Hall–Kier alpha value is -7.97. The molecule has 1 unspecified atom stereocenters. The second-order valence-electron chi connectivity index (χ2n) is 26.2. The van der Waals surface area contributed by atoms with Crippen LogP contribution in [0.5, 0.6) is 0 Å². The molecule has 1 fully saturated rings. The molecule has 0 saturated carbocycles. The molecular weight excluding hydrogens is 1220 g/mol. The first-order valence-electron chi connectivity index (χ1n) is 33.4. The summed E-state index contributed by atoms with van der Waals surface area (Å²) in [7, 11) is 6.10. The van der Waals surface area contributed by atoms with Crippen LogP contribution in [0.4, 0.5) is 15.3 Å². The number of nitrogens with two attached hydrogens (primary N) is 1. The van der Waals surface area contributed by atoms with Gasteiger partial charge in [0.2, 0.25) is 41.4 Å². The van der Waals surface area contributed by atoms with Crippen LogP contribution in [-0.4, -0.2) is 193 Å². The lowest BCUT2D eigenvalue weighted by Gasteiger charge is -2.41. The van der Waals surface area contributed by atoms with Gasteiger partial charge in [-0.25, -0.2) is 9.59 Å². The number of benzene rings is 2. The Morgan fingerprint density at radius 2 is 1.35 bits per heavy atom. The summed E-state index contributed by atoms with van der Waals surface area (Å²) in [4.78, 5) is 152. The van der Waals surface area contributed by atoms with Gasteiger partial charge in [0.25, 0.3) is 11.8 Å². The second-order valence-corrected chi connectivity index (χ2v) is 26.2. The molecule has 1 saturated heterocycles. The fourth-order valence-electron chi connectivity index (χ4n) is 12.2. The number of unbranched alkanes of at least 4 members (excludes halogenated alkanes) is 2. The molecule has 2 aromatic carbocycles. The van der Waals surface area contributed by atoms with E-state index in [1.54, 1.807) is 89.6 Å². The van der Waals surface area contributed by atoms with Crippen molar-refractivity contribution in [2.24, 2.45) is 41.2 Å². The zero-order chi connectivity index (χ0) is 70.8. The zero-order valence-corrected chi connectivity index (χ0v) is 58.1. The van der Waals surface area contributed by atoms with E-state index >= 15 is 0 Å². The monoisotopic (exact) mass is 1330 g/mol. The number of likely N-dealkylation sites (tertiary alicyclic amines) is 1. The van der Waals surface area contributed by atoms with Gasteiger partial charge in [0.1, 0.15) is 30.8 Å². The van der Waals surface area contributed by atoms with Crippen molar-refractivity contribution >= 4 is 71.0 Å². The van der Waals surface area contributed by atoms with Crippen LogP contribution < -0.4 is 37.6 Å². The number of likely N-dealkylation sites (N-methyl/N-ethyl adjacent to an activating group) is 2. The highest BCUT2D eigenvalue weighted by molar-refractivity contribution is 6.12. The predicted octanol–water partition coefficient (Wildman–Crippen LogP) is 5.32. The molecule has 0 spiro atoms. The summed E-state index contributed by atoms with van der Waals surface area (Å²) in [6.07, 6.45) is 3.18. The lowest BCUT2D eigenvalue weighted by atomic mass is 9.89. The maximum absolute atomic E-state index is 14.8. The summed E-state index contributed by atoms with van der Waals surface area (Å²) in [6, 6.07) is 9.58. The number of hydrogen-bond acceptors (Lipinski definition) is 15. The number of hydrogen-bond donors (Lipinski definition) is 8. The molecule has 26 heteroatoms. The van der Waals surface area contributed by atoms with E-state index in [1.165, 1.54) is 38.3 Å². The number of aliphatic hydroxyl groups is 1. The largest absolute Gasteiger partial charge is 0.445 e. The van der Waals surface area contributed by atoms with Crippen LogP contribution in [0.3, 0.4) is 0 Å². The minimum Gasteiger partial charge on any atom is -0.445 e. The lowest BCUT2D eigenvalue weighted by Crippen LogP contribution is -2.60. The lowest BCUT2D eigenvalue weighted by molar-refractivity contribution is -0.148. The fraction of sp³-hybridized carbons (Fsp3) is 0.638. The Balaban J connectivity index is 1.37.